The van der Waals surface area contributed by atoms with Crippen LogP contribution in [0.5, 0.6) is 0 Å². The number of hydrogen-bond acceptors (Lipinski definition) is 0. The Labute approximate surface area is 157 Å². The van der Waals surface area contributed by atoms with E-state index in [-0.39, 0.29) is 0 Å². The highest BCUT2D eigenvalue weighted by atomic mass is 127. The summed E-state index contributed by atoms with van der Waals surface area (Å²) >= 11 is 2.39. The van der Waals surface area contributed by atoms with Gasteiger partial charge in [0.05, 0.1) is 0 Å². The highest BCUT2D eigenvalue weighted by Crippen LogP contribution is 2.28. The topological polar surface area (TPSA) is 0 Å². The number of rotatable bonds is 8. The Hall–Kier alpha value is 0.470. The summed E-state index contributed by atoms with van der Waals surface area (Å²) in [4.78, 5) is 0. The maximum absolute atomic E-state index is 2.39. The predicted molar refractivity (Wildman–Crippen MR) is 116 cm³/mol. The molecule has 0 aromatic carbocycles. The summed E-state index contributed by atoms with van der Waals surface area (Å²) in [5.74, 6) is 1.71. The Balaban J connectivity index is -0.000000299. The fourth-order valence-electron chi connectivity index (χ4n) is 2.27. The number of halogens is 1. The zero-order valence-corrected chi connectivity index (χ0v) is 19.5. The molecule has 0 atom stereocenters. The van der Waals surface area contributed by atoms with E-state index < -0.39 is 0 Å². The van der Waals surface area contributed by atoms with Gasteiger partial charge in [-0.3, -0.25) is 0 Å². The number of hydrogen-bond donors (Lipinski definition) is 0. The van der Waals surface area contributed by atoms with Gasteiger partial charge in [0.15, 0.2) is 0 Å². The first-order valence-corrected chi connectivity index (χ1v) is 10.9. The maximum atomic E-state index is 2.39. The fraction of sp³-hybridized carbons (Fsp3) is 0.905. The van der Waals surface area contributed by atoms with Gasteiger partial charge >= 0.3 is 0 Å². The van der Waals surface area contributed by atoms with Crippen molar-refractivity contribution in [2.75, 3.05) is 4.43 Å². The van der Waals surface area contributed by atoms with E-state index in [0.717, 1.165) is 16.3 Å². The van der Waals surface area contributed by atoms with Crippen LogP contribution >= 0.6 is 22.6 Å². The van der Waals surface area contributed by atoms with E-state index in [1.165, 1.54) is 32.1 Å². The van der Waals surface area contributed by atoms with Gasteiger partial charge in [-0.2, -0.15) is 0 Å². The van der Waals surface area contributed by atoms with Crippen LogP contribution in [0.3, 0.4) is 0 Å². The molecule has 1 heteroatoms. The van der Waals surface area contributed by atoms with Gasteiger partial charge in [-0.15, -0.1) is 0 Å². The van der Waals surface area contributed by atoms with Crippen molar-refractivity contribution in [3.8, 4) is 0 Å². The average Bonchev–Trinajstić information content (AvgIpc) is 2.40. The molecule has 0 nitrogen and oxygen atoms in total. The second-order valence-corrected chi connectivity index (χ2v) is 8.49. The Kier molecular flexibility index (Phi) is 22.1. The summed E-state index contributed by atoms with van der Waals surface area (Å²) in [6, 6.07) is 0. The van der Waals surface area contributed by atoms with E-state index in [0.29, 0.717) is 5.41 Å². The zero-order chi connectivity index (χ0) is 18.2. The molecule has 0 N–H and O–H groups in total. The summed E-state index contributed by atoms with van der Waals surface area (Å²) in [7, 11) is 0. The molecule has 0 saturated carbocycles. The normalized spacial score (nSPS) is 11.8. The largest absolute Gasteiger partial charge is 0.0818 e. The van der Waals surface area contributed by atoms with E-state index in [1.54, 1.807) is 5.57 Å². The van der Waals surface area contributed by atoms with Crippen LogP contribution in [0.4, 0.5) is 0 Å². The summed E-state index contributed by atoms with van der Waals surface area (Å²) < 4.78 is 1.16. The predicted octanol–water partition coefficient (Wildman–Crippen LogP) is 8.69. The molecule has 0 aliphatic rings. The Morgan fingerprint density at radius 3 is 1.82 bits per heavy atom. The van der Waals surface area contributed by atoms with Crippen LogP contribution in [0.1, 0.15) is 101 Å². The quantitative estimate of drug-likeness (QED) is 0.208. The molecule has 22 heavy (non-hydrogen) atoms. The molecule has 136 valence electrons. The molecule has 0 aliphatic carbocycles. The Morgan fingerprint density at radius 1 is 1.05 bits per heavy atom. The van der Waals surface area contributed by atoms with E-state index in [9.17, 15) is 0 Å². The van der Waals surface area contributed by atoms with Gasteiger partial charge < -0.3 is 0 Å². The van der Waals surface area contributed by atoms with Crippen molar-refractivity contribution in [2.24, 2.45) is 17.3 Å². The molecule has 0 radical (unpaired) electrons. The molecule has 0 rings (SSSR count). The van der Waals surface area contributed by atoms with Crippen LogP contribution in [0.25, 0.3) is 0 Å². The summed E-state index contributed by atoms with van der Waals surface area (Å²) in [5, 5.41) is 0. The maximum Gasteiger partial charge on any atom is 0.0178 e. The van der Waals surface area contributed by atoms with Crippen molar-refractivity contribution < 1.29 is 0 Å². The van der Waals surface area contributed by atoms with Gasteiger partial charge in [-0.1, -0.05) is 109 Å². The zero-order valence-electron chi connectivity index (χ0n) is 17.4. The van der Waals surface area contributed by atoms with Crippen molar-refractivity contribution in [2.45, 2.75) is 101 Å². The second kappa shape index (κ2) is 17.8. The van der Waals surface area contributed by atoms with Gasteiger partial charge in [0.25, 0.3) is 0 Å². The highest BCUT2D eigenvalue weighted by molar-refractivity contribution is 14.1. The highest BCUT2D eigenvalue weighted by Gasteiger charge is 2.15. The smallest absolute Gasteiger partial charge is 0.0178 e. The van der Waals surface area contributed by atoms with Crippen LogP contribution < -0.4 is 0 Å². The lowest BCUT2D eigenvalue weighted by Gasteiger charge is -2.24. The summed E-state index contributed by atoms with van der Waals surface area (Å²) in [6.45, 7) is 22.3. The minimum absolute atomic E-state index is 0.564. The lowest BCUT2D eigenvalue weighted by molar-refractivity contribution is 0.277. The monoisotopic (exact) mass is 424 g/mol. The average molecular weight is 424 g/mol. The Morgan fingerprint density at radius 2 is 1.55 bits per heavy atom. The second-order valence-electron chi connectivity index (χ2n) is 7.61. The molecule has 0 unspecified atom stereocenters. The third-order valence-electron chi connectivity index (χ3n) is 3.70. The van der Waals surface area contributed by atoms with Gasteiger partial charge in [-0.05, 0) is 43.4 Å². The lowest BCUT2D eigenvalue weighted by atomic mass is 9.82. The molecule has 0 aromatic heterocycles. The molecule has 0 aromatic rings. The van der Waals surface area contributed by atoms with Crippen LogP contribution in [-0.4, -0.2) is 4.43 Å². The lowest BCUT2D eigenvalue weighted by Crippen LogP contribution is -2.12. The van der Waals surface area contributed by atoms with Crippen LogP contribution in [0.2, 0.25) is 0 Å². The molecule has 0 fully saturated rings. The molecule has 0 aliphatic heterocycles. The third kappa shape index (κ3) is 25.4. The first-order chi connectivity index (χ1) is 10.1. The third-order valence-corrected chi connectivity index (χ3v) is 4.14. The van der Waals surface area contributed by atoms with Crippen molar-refractivity contribution in [3.05, 3.63) is 11.6 Å². The molecular formula is C21H45I. The van der Waals surface area contributed by atoms with Gasteiger partial charge in [-0.25, -0.2) is 0 Å². The number of allylic oxidation sites excluding steroid dienone is 2. The van der Waals surface area contributed by atoms with E-state index in [2.05, 4.69) is 84.1 Å². The fourth-order valence-corrected chi connectivity index (χ4v) is 3.02. The summed E-state index contributed by atoms with van der Waals surface area (Å²) in [6.07, 6.45) is 8.99. The standard InChI is InChI=1S/C10H19I.C9H20.C2H6/c1-9(2)5-4-6-10(3)7-8-11;1-6-9(4,5)7-8(2)3;1-2/h7,9H,4-6,8H2,1-3H3;8H,6-7H2,1-5H3;1-2H3/b10-7+;;. The van der Waals surface area contributed by atoms with Crippen molar-refractivity contribution in [1.82, 2.24) is 0 Å². The van der Waals surface area contributed by atoms with Crippen molar-refractivity contribution in [1.29, 1.82) is 0 Å². The SMILES string of the molecule is C/C(=C\CI)CCCC(C)C.CC.CCC(C)(C)CC(C)C. The van der Waals surface area contributed by atoms with Crippen molar-refractivity contribution >= 4 is 22.6 Å². The molecule has 0 saturated heterocycles. The van der Waals surface area contributed by atoms with Crippen molar-refractivity contribution in [3.63, 3.8) is 0 Å². The molecule has 0 spiro atoms. The van der Waals surface area contributed by atoms with E-state index in [1.807, 2.05) is 13.8 Å². The minimum atomic E-state index is 0.564. The van der Waals surface area contributed by atoms with Gasteiger partial charge in [0.2, 0.25) is 0 Å². The van der Waals surface area contributed by atoms with Gasteiger partial charge in [0.1, 0.15) is 0 Å². The molecule has 0 heterocycles. The van der Waals surface area contributed by atoms with Crippen LogP contribution in [0, 0.1) is 17.3 Å². The first-order valence-electron chi connectivity index (χ1n) is 9.36. The molecule has 0 amide bonds. The summed E-state index contributed by atoms with van der Waals surface area (Å²) in [5.41, 5.74) is 2.12. The van der Waals surface area contributed by atoms with Crippen LogP contribution in [-0.2, 0) is 0 Å². The van der Waals surface area contributed by atoms with Gasteiger partial charge in [0, 0.05) is 4.43 Å². The number of alkyl halides is 1. The first kappa shape index (κ1) is 27.3. The Bertz CT molecular complexity index is 236. The molecule has 0 bridgehead atoms. The van der Waals surface area contributed by atoms with Crippen LogP contribution in [0.15, 0.2) is 11.6 Å². The minimum Gasteiger partial charge on any atom is -0.0818 e. The van der Waals surface area contributed by atoms with E-state index >= 15 is 0 Å². The molecular weight excluding hydrogens is 379 g/mol. The van der Waals surface area contributed by atoms with E-state index in [4.69, 9.17) is 0 Å².